The molecule has 0 radical (unpaired) electrons. The summed E-state index contributed by atoms with van der Waals surface area (Å²) in [5, 5.41) is 0. The molecule has 0 aliphatic carbocycles. The Morgan fingerprint density at radius 1 is 0.905 bits per heavy atom. The SMILES string of the molecule is CN(c1ccccc1)S(=O)(=O)c1ccccc1C(F)(F)F. The molecule has 3 nitrogen and oxygen atoms in total. The highest BCUT2D eigenvalue weighted by Crippen LogP contribution is 2.35. The molecule has 0 aliphatic heterocycles. The van der Waals surface area contributed by atoms with Gasteiger partial charge in [0.15, 0.2) is 0 Å². The summed E-state index contributed by atoms with van der Waals surface area (Å²) in [7, 11) is -3.07. The fraction of sp³-hybridized carbons (Fsp3) is 0.143. The summed E-state index contributed by atoms with van der Waals surface area (Å²) in [5.74, 6) is 0. The number of benzene rings is 2. The van der Waals surface area contributed by atoms with Crippen LogP contribution in [-0.4, -0.2) is 15.5 Å². The van der Waals surface area contributed by atoms with Crippen LogP contribution in [0.4, 0.5) is 18.9 Å². The van der Waals surface area contributed by atoms with Gasteiger partial charge in [-0.15, -0.1) is 0 Å². The molecule has 0 aliphatic rings. The normalized spacial score (nSPS) is 12.2. The van der Waals surface area contributed by atoms with E-state index in [0.29, 0.717) is 0 Å². The van der Waals surface area contributed by atoms with Gasteiger partial charge in [-0.25, -0.2) is 8.42 Å². The highest BCUT2D eigenvalue weighted by molar-refractivity contribution is 7.92. The number of sulfonamides is 1. The standard InChI is InChI=1S/C14H12F3NO2S/c1-18(11-7-3-2-4-8-11)21(19,20)13-10-6-5-9-12(13)14(15,16)17/h2-10H,1H3. The predicted molar refractivity (Wildman–Crippen MR) is 73.5 cm³/mol. The van der Waals surface area contributed by atoms with E-state index < -0.39 is 26.7 Å². The molecule has 0 atom stereocenters. The molecule has 0 spiro atoms. The minimum Gasteiger partial charge on any atom is -0.269 e. The number of halogens is 3. The molecule has 112 valence electrons. The summed E-state index contributed by atoms with van der Waals surface area (Å²) < 4.78 is 64.6. The van der Waals surface area contributed by atoms with Gasteiger partial charge in [0.25, 0.3) is 10.0 Å². The number of hydrogen-bond acceptors (Lipinski definition) is 2. The van der Waals surface area contributed by atoms with Gasteiger partial charge in [0.2, 0.25) is 0 Å². The summed E-state index contributed by atoms with van der Waals surface area (Å²) in [6, 6.07) is 12.1. The minimum absolute atomic E-state index is 0.287. The minimum atomic E-state index is -4.73. The third kappa shape index (κ3) is 3.02. The molecule has 21 heavy (non-hydrogen) atoms. The van der Waals surface area contributed by atoms with Crippen molar-refractivity contribution in [1.29, 1.82) is 0 Å². The Morgan fingerprint density at radius 3 is 2.00 bits per heavy atom. The van der Waals surface area contributed by atoms with Crippen LogP contribution in [0.25, 0.3) is 0 Å². The first-order valence-electron chi connectivity index (χ1n) is 5.95. The lowest BCUT2D eigenvalue weighted by Gasteiger charge is -2.21. The molecule has 0 saturated heterocycles. The Balaban J connectivity index is 2.56. The lowest BCUT2D eigenvalue weighted by Crippen LogP contribution is -2.28. The van der Waals surface area contributed by atoms with Crippen molar-refractivity contribution in [2.75, 3.05) is 11.4 Å². The van der Waals surface area contributed by atoms with Gasteiger partial charge in [-0.2, -0.15) is 13.2 Å². The van der Waals surface area contributed by atoms with Gasteiger partial charge in [0, 0.05) is 7.05 Å². The largest absolute Gasteiger partial charge is 0.417 e. The van der Waals surface area contributed by atoms with Gasteiger partial charge in [-0.3, -0.25) is 4.31 Å². The third-order valence-corrected chi connectivity index (χ3v) is 4.79. The van der Waals surface area contributed by atoms with Crippen molar-refractivity contribution in [3.05, 3.63) is 60.2 Å². The van der Waals surface area contributed by atoms with Crippen LogP contribution in [0.15, 0.2) is 59.5 Å². The molecular weight excluding hydrogens is 303 g/mol. The lowest BCUT2D eigenvalue weighted by molar-refractivity contribution is -0.139. The highest BCUT2D eigenvalue weighted by Gasteiger charge is 2.38. The van der Waals surface area contributed by atoms with Crippen LogP contribution in [0, 0.1) is 0 Å². The topological polar surface area (TPSA) is 37.4 Å². The zero-order chi connectivity index (χ0) is 15.7. The number of alkyl halides is 3. The van der Waals surface area contributed by atoms with E-state index in [1.54, 1.807) is 18.2 Å². The summed E-state index contributed by atoms with van der Waals surface area (Å²) in [5.41, 5.74) is -0.887. The second kappa shape index (κ2) is 5.40. The average molecular weight is 315 g/mol. The van der Waals surface area contributed by atoms with Gasteiger partial charge in [-0.05, 0) is 24.3 Å². The van der Waals surface area contributed by atoms with E-state index in [0.717, 1.165) is 22.5 Å². The highest BCUT2D eigenvalue weighted by atomic mass is 32.2. The number of rotatable bonds is 3. The van der Waals surface area contributed by atoms with Crippen LogP contribution in [-0.2, 0) is 16.2 Å². The van der Waals surface area contributed by atoms with Crippen LogP contribution >= 0.6 is 0 Å². The second-order valence-corrected chi connectivity index (χ2v) is 6.24. The van der Waals surface area contributed by atoms with Crippen molar-refractivity contribution in [3.8, 4) is 0 Å². The summed E-state index contributed by atoms with van der Waals surface area (Å²) in [6.45, 7) is 0. The third-order valence-electron chi connectivity index (χ3n) is 2.95. The lowest BCUT2D eigenvalue weighted by atomic mass is 10.2. The molecular formula is C14H12F3NO2S. The van der Waals surface area contributed by atoms with E-state index in [9.17, 15) is 21.6 Å². The molecule has 2 aromatic carbocycles. The number of para-hydroxylation sites is 1. The van der Waals surface area contributed by atoms with E-state index in [1.807, 2.05) is 0 Å². The number of hydrogen-bond donors (Lipinski definition) is 0. The van der Waals surface area contributed by atoms with E-state index in [1.165, 1.54) is 25.2 Å². The van der Waals surface area contributed by atoms with E-state index in [4.69, 9.17) is 0 Å². The Bertz CT molecular complexity index is 727. The van der Waals surface area contributed by atoms with Crippen LogP contribution in [0.1, 0.15) is 5.56 Å². The molecule has 7 heteroatoms. The fourth-order valence-electron chi connectivity index (χ4n) is 1.85. The molecule has 0 fully saturated rings. The van der Waals surface area contributed by atoms with Gasteiger partial charge >= 0.3 is 6.18 Å². The first kappa shape index (κ1) is 15.4. The smallest absolute Gasteiger partial charge is 0.269 e. The van der Waals surface area contributed by atoms with Crippen molar-refractivity contribution in [2.45, 2.75) is 11.1 Å². The van der Waals surface area contributed by atoms with E-state index in [-0.39, 0.29) is 5.69 Å². The molecule has 0 amide bonds. The van der Waals surface area contributed by atoms with Crippen LogP contribution in [0.5, 0.6) is 0 Å². The predicted octanol–water partition coefficient (Wildman–Crippen LogP) is 3.53. The Labute approximate surface area is 120 Å². The van der Waals surface area contributed by atoms with Crippen molar-refractivity contribution >= 4 is 15.7 Å². The molecule has 0 bridgehead atoms. The van der Waals surface area contributed by atoms with Gasteiger partial charge in [0.1, 0.15) is 0 Å². The molecule has 0 unspecified atom stereocenters. The van der Waals surface area contributed by atoms with Crippen LogP contribution < -0.4 is 4.31 Å². The van der Waals surface area contributed by atoms with Crippen molar-refractivity contribution < 1.29 is 21.6 Å². The Morgan fingerprint density at radius 2 is 1.43 bits per heavy atom. The van der Waals surface area contributed by atoms with Crippen molar-refractivity contribution in [1.82, 2.24) is 0 Å². The zero-order valence-corrected chi connectivity index (χ0v) is 11.8. The average Bonchev–Trinajstić information content (AvgIpc) is 2.46. The summed E-state index contributed by atoms with van der Waals surface area (Å²) in [6.07, 6.45) is -4.73. The fourth-order valence-corrected chi connectivity index (χ4v) is 3.26. The van der Waals surface area contributed by atoms with Gasteiger partial charge in [0.05, 0.1) is 16.1 Å². The Hall–Kier alpha value is -2.02. The van der Waals surface area contributed by atoms with Crippen molar-refractivity contribution in [2.24, 2.45) is 0 Å². The monoisotopic (exact) mass is 315 g/mol. The first-order valence-corrected chi connectivity index (χ1v) is 7.39. The quantitative estimate of drug-likeness (QED) is 0.869. The Kier molecular flexibility index (Phi) is 3.95. The van der Waals surface area contributed by atoms with Crippen molar-refractivity contribution in [3.63, 3.8) is 0 Å². The van der Waals surface area contributed by atoms with Crippen LogP contribution in [0.2, 0.25) is 0 Å². The maximum absolute atomic E-state index is 13.0. The number of nitrogens with zero attached hydrogens (tertiary/aromatic N) is 1. The van der Waals surface area contributed by atoms with Crippen LogP contribution in [0.3, 0.4) is 0 Å². The van der Waals surface area contributed by atoms with Gasteiger partial charge in [-0.1, -0.05) is 30.3 Å². The molecule has 0 aromatic heterocycles. The van der Waals surface area contributed by atoms with E-state index >= 15 is 0 Å². The second-order valence-electron chi connectivity index (χ2n) is 4.30. The maximum Gasteiger partial charge on any atom is 0.417 e. The number of anilines is 1. The van der Waals surface area contributed by atoms with Gasteiger partial charge < -0.3 is 0 Å². The molecule has 0 N–H and O–H groups in total. The summed E-state index contributed by atoms with van der Waals surface area (Å²) in [4.78, 5) is -0.760. The first-order chi connectivity index (χ1) is 9.74. The maximum atomic E-state index is 13.0. The molecule has 0 heterocycles. The molecule has 2 rings (SSSR count). The molecule has 2 aromatic rings. The van der Waals surface area contributed by atoms with E-state index in [2.05, 4.69) is 0 Å². The summed E-state index contributed by atoms with van der Waals surface area (Å²) >= 11 is 0. The zero-order valence-electron chi connectivity index (χ0n) is 11.0. The molecule has 0 saturated carbocycles.